The molecule has 6 heteroatoms. The van der Waals surface area contributed by atoms with Crippen molar-refractivity contribution < 1.29 is 14.3 Å². The van der Waals surface area contributed by atoms with Gasteiger partial charge in [-0.2, -0.15) is 5.10 Å². The van der Waals surface area contributed by atoms with Crippen molar-refractivity contribution in [2.24, 2.45) is 0 Å². The Bertz CT molecular complexity index is 447. The number of anilines is 1. The molecule has 0 saturated heterocycles. The molecule has 0 aliphatic carbocycles. The summed E-state index contributed by atoms with van der Waals surface area (Å²) in [4.78, 5) is 10.5. The van der Waals surface area contributed by atoms with E-state index >= 15 is 0 Å². The standard InChI is InChI=1S/C9H9N3O3/c13-9(14)8-2-1-7(15-8)5-10-6-3-11-12-4-6/h1-4,10H,5H2,(H,11,12)(H,13,14). The van der Waals surface area contributed by atoms with E-state index in [1.807, 2.05) is 0 Å². The number of carboxylic acids is 1. The zero-order valence-corrected chi connectivity index (χ0v) is 7.73. The van der Waals surface area contributed by atoms with E-state index in [9.17, 15) is 4.79 Å². The topological polar surface area (TPSA) is 91.1 Å². The van der Waals surface area contributed by atoms with Crippen LogP contribution in [0.5, 0.6) is 0 Å². The highest BCUT2D eigenvalue weighted by Crippen LogP contribution is 2.10. The van der Waals surface area contributed by atoms with Gasteiger partial charge in [-0.1, -0.05) is 0 Å². The van der Waals surface area contributed by atoms with Crippen molar-refractivity contribution in [3.63, 3.8) is 0 Å². The Balaban J connectivity index is 1.96. The largest absolute Gasteiger partial charge is 0.475 e. The van der Waals surface area contributed by atoms with Crippen LogP contribution in [0.15, 0.2) is 28.9 Å². The Morgan fingerprint density at radius 2 is 2.47 bits per heavy atom. The van der Waals surface area contributed by atoms with Crippen LogP contribution in [-0.2, 0) is 6.54 Å². The molecular formula is C9H9N3O3. The molecule has 0 radical (unpaired) electrons. The predicted molar refractivity (Wildman–Crippen MR) is 51.6 cm³/mol. The van der Waals surface area contributed by atoms with Crippen molar-refractivity contribution >= 4 is 11.7 Å². The maximum absolute atomic E-state index is 10.5. The Hall–Kier alpha value is -2.24. The molecule has 6 nitrogen and oxygen atoms in total. The van der Waals surface area contributed by atoms with Crippen LogP contribution >= 0.6 is 0 Å². The Kier molecular flexibility index (Phi) is 2.40. The number of nitrogens with one attached hydrogen (secondary N) is 2. The van der Waals surface area contributed by atoms with Gasteiger partial charge < -0.3 is 14.8 Å². The number of H-pyrrole nitrogens is 1. The van der Waals surface area contributed by atoms with E-state index in [1.165, 1.54) is 6.07 Å². The third-order valence-electron chi connectivity index (χ3n) is 1.84. The Morgan fingerprint density at radius 3 is 3.07 bits per heavy atom. The van der Waals surface area contributed by atoms with Crippen molar-refractivity contribution in [3.8, 4) is 0 Å². The fraction of sp³-hybridized carbons (Fsp3) is 0.111. The lowest BCUT2D eigenvalue weighted by atomic mass is 10.4. The number of rotatable bonds is 4. The highest BCUT2D eigenvalue weighted by atomic mass is 16.4. The van der Waals surface area contributed by atoms with Crippen LogP contribution in [-0.4, -0.2) is 21.3 Å². The number of carbonyl (C=O) groups is 1. The van der Waals surface area contributed by atoms with E-state index in [0.29, 0.717) is 12.3 Å². The first kappa shape index (κ1) is 9.32. The van der Waals surface area contributed by atoms with E-state index in [-0.39, 0.29) is 5.76 Å². The maximum Gasteiger partial charge on any atom is 0.371 e. The van der Waals surface area contributed by atoms with Gasteiger partial charge in [-0.05, 0) is 12.1 Å². The molecule has 15 heavy (non-hydrogen) atoms. The monoisotopic (exact) mass is 207 g/mol. The van der Waals surface area contributed by atoms with Gasteiger partial charge in [-0.25, -0.2) is 4.79 Å². The number of nitrogens with zero attached hydrogens (tertiary/aromatic N) is 1. The number of hydrogen-bond acceptors (Lipinski definition) is 4. The van der Waals surface area contributed by atoms with E-state index in [1.54, 1.807) is 18.5 Å². The first-order chi connectivity index (χ1) is 7.25. The van der Waals surface area contributed by atoms with Gasteiger partial charge in [0.15, 0.2) is 0 Å². The fourth-order valence-electron chi connectivity index (χ4n) is 1.12. The van der Waals surface area contributed by atoms with Gasteiger partial charge in [0.2, 0.25) is 5.76 Å². The molecule has 0 spiro atoms. The van der Waals surface area contributed by atoms with Crippen LogP contribution in [0, 0.1) is 0 Å². The lowest BCUT2D eigenvalue weighted by Gasteiger charge is -1.98. The molecule has 0 aliphatic rings. The summed E-state index contributed by atoms with van der Waals surface area (Å²) in [5.74, 6) is -0.558. The molecule has 78 valence electrons. The molecule has 2 aromatic heterocycles. The molecule has 0 aromatic carbocycles. The molecule has 0 saturated carbocycles. The first-order valence-electron chi connectivity index (χ1n) is 4.30. The number of hydrogen-bond donors (Lipinski definition) is 3. The van der Waals surface area contributed by atoms with Crippen molar-refractivity contribution in [1.82, 2.24) is 10.2 Å². The highest BCUT2D eigenvalue weighted by Gasteiger charge is 2.08. The SMILES string of the molecule is O=C(O)c1ccc(CNc2cn[nH]c2)o1. The lowest BCUT2D eigenvalue weighted by Crippen LogP contribution is -1.97. The van der Waals surface area contributed by atoms with E-state index in [4.69, 9.17) is 9.52 Å². The quantitative estimate of drug-likeness (QED) is 0.703. The molecule has 3 N–H and O–H groups in total. The minimum atomic E-state index is -1.07. The molecule has 0 bridgehead atoms. The summed E-state index contributed by atoms with van der Waals surface area (Å²) in [5, 5.41) is 18.0. The van der Waals surface area contributed by atoms with Gasteiger partial charge in [-0.15, -0.1) is 0 Å². The minimum absolute atomic E-state index is 0.0565. The molecule has 0 atom stereocenters. The van der Waals surface area contributed by atoms with Crippen molar-refractivity contribution in [3.05, 3.63) is 36.0 Å². The highest BCUT2D eigenvalue weighted by molar-refractivity contribution is 5.84. The molecular weight excluding hydrogens is 198 g/mol. The first-order valence-corrected chi connectivity index (χ1v) is 4.30. The zero-order chi connectivity index (χ0) is 10.7. The maximum atomic E-state index is 10.5. The molecule has 2 aromatic rings. The van der Waals surface area contributed by atoms with Crippen molar-refractivity contribution in [1.29, 1.82) is 0 Å². The van der Waals surface area contributed by atoms with E-state index < -0.39 is 5.97 Å². The summed E-state index contributed by atoms with van der Waals surface area (Å²) >= 11 is 0. The van der Waals surface area contributed by atoms with Crippen LogP contribution in [0.1, 0.15) is 16.3 Å². The van der Waals surface area contributed by atoms with E-state index in [2.05, 4.69) is 15.5 Å². The number of aromatic amines is 1. The minimum Gasteiger partial charge on any atom is -0.475 e. The van der Waals surface area contributed by atoms with Crippen LogP contribution in [0.25, 0.3) is 0 Å². The number of furan rings is 1. The lowest BCUT2D eigenvalue weighted by molar-refractivity contribution is 0.0660. The fourth-order valence-corrected chi connectivity index (χ4v) is 1.12. The van der Waals surface area contributed by atoms with E-state index in [0.717, 1.165) is 5.69 Å². The molecule has 0 aliphatic heterocycles. The van der Waals surface area contributed by atoms with Crippen molar-refractivity contribution in [2.45, 2.75) is 6.54 Å². The van der Waals surface area contributed by atoms with Gasteiger partial charge in [0.1, 0.15) is 5.76 Å². The van der Waals surface area contributed by atoms with Gasteiger partial charge in [0, 0.05) is 6.20 Å². The van der Waals surface area contributed by atoms with Crippen LogP contribution in [0.3, 0.4) is 0 Å². The predicted octanol–water partition coefficient (Wildman–Crippen LogP) is 1.31. The number of aromatic carboxylic acids is 1. The Labute approximate surface area is 84.9 Å². The number of carboxylic acid groups (broad SMARTS) is 1. The third kappa shape index (κ3) is 2.16. The van der Waals surface area contributed by atoms with Crippen molar-refractivity contribution in [2.75, 3.05) is 5.32 Å². The summed E-state index contributed by atoms with van der Waals surface area (Å²) < 4.78 is 5.05. The second-order valence-electron chi connectivity index (χ2n) is 2.91. The molecule has 0 fully saturated rings. The summed E-state index contributed by atoms with van der Waals surface area (Å²) in [6.45, 7) is 0.423. The van der Waals surface area contributed by atoms with Gasteiger partial charge in [0.05, 0.1) is 18.4 Å². The van der Waals surface area contributed by atoms with Gasteiger partial charge in [0.25, 0.3) is 0 Å². The average molecular weight is 207 g/mol. The average Bonchev–Trinajstić information content (AvgIpc) is 2.86. The normalized spacial score (nSPS) is 10.1. The molecule has 2 rings (SSSR count). The number of aromatic nitrogens is 2. The molecule has 2 heterocycles. The third-order valence-corrected chi connectivity index (χ3v) is 1.84. The second kappa shape index (κ2) is 3.87. The summed E-state index contributed by atoms with van der Waals surface area (Å²) in [6.07, 6.45) is 3.32. The zero-order valence-electron chi connectivity index (χ0n) is 7.73. The second-order valence-corrected chi connectivity index (χ2v) is 2.91. The summed E-state index contributed by atoms with van der Waals surface area (Å²) in [5.41, 5.74) is 0.822. The Morgan fingerprint density at radius 1 is 1.60 bits per heavy atom. The van der Waals surface area contributed by atoms with Gasteiger partial charge in [-0.3, -0.25) is 5.10 Å². The van der Waals surface area contributed by atoms with Crippen LogP contribution in [0.2, 0.25) is 0 Å². The van der Waals surface area contributed by atoms with Crippen LogP contribution in [0.4, 0.5) is 5.69 Å². The van der Waals surface area contributed by atoms with Crippen LogP contribution < -0.4 is 5.32 Å². The van der Waals surface area contributed by atoms with Gasteiger partial charge >= 0.3 is 5.97 Å². The summed E-state index contributed by atoms with van der Waals surface area (Å²) in [6, 6.07) is 3.05. The summed E-state index contributed by atoms with van der Waals surface area (Å²) in [7, 11) is 0. The smallest absolute Gasteiger partial charge is 0.371 e. The molecule has 0 amide bonds. The molecule has 0 unspecified atom stereocenters.